The second kappa shape index (κ2) is 6.88. The van der Waals surface area contributed by atoms with Gasteiger partial charge in [0, 0.05) is 19.9 Å². The Hall–Kier alpha value is -2.37. The molecule has 0 radical (unpaired) electrons. The van der Waals surface area contributed by atoms with E-state index in [9.17, 15) is 9.59 Å². The van der Waals surface area contributed by atoms with E-state index in [1.807, 2.05) is 31.2 Å². The summed E-state index contributed by atoms with van der Waals surface area (Å²) in [6.45, 7) is 2.84. The van der Waals surface area contributed by atoms with Gasteiger partial charge in [-0.15, -0.1) is 0 Å². The highest BCUT2D eigenvalue weighted by atomic mass is 16.5. The van der Waals surface area contributed by atoms with Crippen LogP contribution >= 0.6 is 0 Å². The Labute approximate surface area is 123 Å². The van der Waals surface area contributed by atoms with Gasteiger partial charge in [-0.05, 0) is 18.6 Å². The Kier molecular flexibility index (Phi) is 4.92. The molecule has 0 aromatic heterocycles. The summed E-state index contributed by atoms with van der Waals surface area (Å²) in [5, 5.41) is 3.80. The van der Waals surface area contributed by atoms with E-state index in [1.54, 1.807) is 11.9 Å². The maximum Gasteiger partial charge on any atom is 0.269 e. The number of benzene rings is 1. The van der Waals surface area contributed by atoms with E-state index in [-0.39, 0.29) is 11.8 Å². The largest absolute Gasteiger partial charge is 0.491 e. The molecule has 0 bridgehead atoms. The van der Waals surface area contributed by atoms with E-state index >= 15 is 0 Å². The maximum atomic E-state index is 12.1. The smallest absolute Gasteiger partial charge is 0.269 e. The number of nitrogens with zero attached hydrogens (tertiary/aromatic N) is 2. The van der Waals surface area contributed by atoms with Crippen LogP contribution in [0.5, 0.6) is 5.75 Å². The zero-order valence-electron chi connectivity index (χ0n) is 12.3. The molecule has 0 fully saturated rings. The molecule has 1 aromatic rings. The SMILES string of the molecule is Cc1ccccc1OCCN(C)C(=O)C1=NNC(=O)CC1. The molecule has 1 aliphatic rings. The van der Waals surface area contributed by atoms with Crippen LogP contribution in [0.3, 0.4) is 0 Å². The summed E-state index contributed by atoms with van der Waals surface area (Å²) in [6, 6.07) is 7.74. The number of carbonyl (C=O) groups excluding carboxylic acids is 2. The number of hydrogen-bond acceptors (Lipinski definition) is 4. The minimum atomic E-state index is -0.177. The number of amides is 2. The van der Waals surface area contributed by atoms with Gasteiger partial charge in [0.15, 0.2) is 0 Å². The highest BCUT2D eigenvalue weighted by Crippen LogP contribution is 2.15. The second-order valence-corrected chi connectivity index (χ2v) is 4.93. The number of para-hydroxylation sites is 1. The van der Waals surface area contributed by atoms with Crippen LogP contribution < -0.4 is 10.2 Å². The van der Waals surface area contributed by atoms with Crippen molar-refractivity contribution in [1.82, 2.24) is 10.3 Å². The molecule has 0 saturated carbocycles. The van der Waals surface area contributed by atoms with Crippen LogP contribution in [0, 0.1) is 6.92 Å². The second-order valence-electron chi connectivity index (χ2n) is 4.93. The van der Waals surface area contributed by atoms with E-state index in [4.69, 9.17) is 4.74 Å². The quantitative estimate of drug-likeness (QED) is 0.882. The zero-order chi connectivity index (χ0) is 15.2. The number of rotatable bonds is 5. The average Bonchev–Trinajstić information content (AvgIpc) is 2.49. The van der Waals surface area contributed by atoms with Gasteiger partial charge in [-0.1, -0.05) is 18.2 Å². The van der Waals surface area contributed by atoms with Crippen LogP contribution in [-0.4, -0.2) is 42.6 Å². The Balaban J connectivity index is 1.82. The van der Waals surface area contributed by atoms with Crippen molar-refractivity contribution in [2.24, 2.45) is 5.10 Å². The normalized spacial score (nSPS) is 14.2. The van der Waals surface area contributed by atoms with E-state index in [0.717, 1.165) is 11.3 Å². The molecule has 1 N–H and O–H groups in total. The fourth-order valence-electron chi connectivity index (χ4n) is 1.96. The molecule has 0 aliphatic carbocycles. The number of hydrazone groups is 1. The predicted octanol–water partition coefficient (Wildman–Crippen LogP) is 1.10. The van der Waals surface area contributed by atoms with Crippen molar-refractivity contribution < 1.29 is 14.3 Å². The monoisotopic (exact) mass is 289 g/mol. The molecule has 2 rings (SSSR count). The molecule has 1 aromatic carbocycles. The molecule has 6 nitrogen and oxygen atoms in total. The number of ether oxygens (including phenoxy) is 1. The molecule has 21 heavy (non-hydrogen) atoms. The fourth-order valence-corrected chi connectivity index (χ4v) is 1.96. The Bertz CT molecular complexity index is 569. The van der Waals surface area contributed by atoms with Crippen LogP contribution in [-0.2, 0) is 9.59 Å². The molecular weight excluding hydrogens is 270 g/mol. The lowest BCUT2D eigenvalue weighted by Gasteiger charge is -2.20. The Morgan fingerprint density at radius 1 is 1.38 bits per heavy atom. The molecular formula is C15H19N3O3. The summed E-state index contributed by atoms with van der Waals surface area (Å²) in [5.74, 6) is 0.487. The van der Waals surface area contributed by atoms with Gasteiger partial charge in [0.1, 0.15) is 18.1 Å². The topological polar surface area (TPSA) is 71.0 Å². The van der Waals surface area contributed by atoms with Crippen molar-refractivity contribution in [3.8, 4) is 5.75 Å². The third-order valence-corrected chi connectivity index (χ3v) is 3.28. The summed E-state index contributed by atoms with van der Waals surface area (Å²) in [5.41, 5.74) is 3.77. The highest BCUT2D eigenvalue weighted by molar-refractivity contribution is 6.39. The fraction of sp³-hybridized carbons (Fsp3) is 0.400. The number of hydrogen-bond donors (Lipinski definition) is 1. The minimum absolute atomic E-state index is 0.155. The number of nitrogens with one attached hydrogen (secondary N) is 1. The number of aryl methyl sites for hydroxylation is 1. The van der Waals surface area contributed by atoms with Crippen LogP contribution in [0.25, 0.3) is 0 Å². The van der Waals surface area contributed by atoms with Gasteiger partial charge in [-0.2, -0.15) is 5.10 Å². The van der Waals surface area contributed by atoms with E-state index in [0.29, 0.717) is 31.7 Å². The van der Waals surface area contributed by atoms with Crippen LogP contribution in [0.15, 0.2) is 29.4 Å². The van der Waals surface area contributed by atoms with Crippen molar-refractivity contribution in [1.29, 1.82) is 0 Å². The Morgan fingerprint density at radius 2 is 2.14 bits per heavy atom. The van der Waals surface area contributed by atoms with Crippen molar-refractivity contribution >= 4 is 17.5 Å². The molecule has 2 amide bonds. The molecule has 0 atom stereocenters. The maximum absolute atomic E-state index is 12.1. The summed E-state index contributed by atoms with van der Waals surface area (Å²) >= 11 is 0. The lowest BCUT2D eigenvalue weighted by molar-refractivity contribution is -0.123. The number of carbonyl (C=O) groups is 2. The Morgan fingerprint density at radius 3 is 2.81 bits per heavy atom. The summed E-state index contributed by atoms with van der Waals surface area (Å²) in [4.78, 5) is 24.7. The van der Waals surface area contributed by atoms with E-state index in [1.165, 1.54) is 0 Å². The van der Waals surface area contributed by atoms with Gasteiger partial charge < -0.3 is 9.64 Å². The summed E-state index contributed by atoms with van der Waals surface area (Å²) in [7, 11) is 1.70. The van der Waals surface area contributed by atoms with E-state index in [2.05, 4.69) is 10.5 Å². The average molecular weight is 289 g/mol. The van der Waals surface area contributed by atoms with Crippen molar-refractivity contribution in [2.75, 3.05) is 20.2 Å². The van der Waals surface area contributed by atoms with Gasteiger partial charge >= 0.3 is 0 Å². The standard InChI is InChI=1S/C15H19N3O3/c1-11-5-3-4-6-13(11)21-10-9-18(2)15(20)12-7-8-14(19)17-16-12/h3-6H,7-10H2,1-2H3,(H,17,19). The lowest BCUT2D eigenvalue weighted by Crippen LogP contribution is -2.39. The first-order valence-electron chi connectivity index (χ1n) is 6.87. The first kappa shape index (κ1) is 15.0. The van der Waals surface area contributed by atoms with E-state index < -0.39 is 0 Å². The summed E-state index contributed by atoms with van der Waals surface area (Å²) in [6.07, 6.45) is 0.686. The van der Waals surface area contributed by atoms with Gasteiger partial charge in [0.2, 0.25) is 5.91 Å². The van der Waals surface area contributed by atoms with Crippen molar-refractivity contribution in [3.63, 3.8) is 0 Å². The lowest BCUT2D eigenvalue weighted by atomic mass is 10.1. The van der Waals surface area contributed by atoms with Crippen LogP contribution in [0.1, 0.15) is 18.4 Å². The highest BCUT2D eigenvalue weighted by Gasteiger charge is 2.21. The molecule has 112 valence electrons. The van der Waals surface area contributed by atoms with Crippen LogP contribution in [0.2, 0.25) is 0 Å². The molecule has 0 saturated heterocycles. The van der Waals surface area contributed by atoms with Crippen LogP contribution in [0.4, 0.5) is 0 Å². The molecule has 1 aliphatic heterocycles. The van der Waals surface area contributed by atoms with Gasteiger partial charge in [-0.3, -0.25) is 9.59 Å². The van der Waals surface area contributed by atoms with Crippen molar-refractivity contribution in [3.05, 3.63) is 29.8 Å². The molecule has 6 heteroatoms. The molecule has 0 spiro atoms. The predicted molar refractivity (Wildman–Crippen MR) is 79.1 cm³/mol. The minimum Gasteiger partial charge on any atom is -0.491 e. The third kappa shape index (κ3) is 4.05. The van der Waals surface area contributed by atoms with Gasteiger partial charge in [0.25, 0.3) is 5.91 Å². The first-order valence-corrected chi connectivity index (χ1v) is 6.87. The molecule has 1 heterocycles. The van der Waals surface area contributed by atoms with Gasteiger partial charge in [-0.25, -0.2) is 5.43 Å². The van der Waals surface area contributed by atoms with Crippen molar-refractivity contribution in [2.45, 2.75) is 19.8 Å². The van der Waals surface area contributed by atoms with Gasteiger partial charge in [0.05, 0.1) is 6.54 Å². The first-order chi connectivity index (χ1) is 10.1. The third-order valence-electron chi connectivity index (χ3n) is 3.28. The zero-order valence-corrected chi connectivity index (χ0v) is 12.3. The molecule has 0 unspecified atom stereocenters. The number of likely N-dealkylation sites (N-methyl/N-ethyl adjacent to an activating group) is 1. The summed E-state index contributed by atoms with van der Waals surface area (Å²) < 4.78 is 5.66.